The van der Waals surface area contributed by atoms with E-state index >= 15 is 0 Å². The summed E-state index contributed by atoms with van der Waals surface area (Å²) in [4.78, 5) is 23.4. The minimum Gasteiger partial charge on any atom is -0.483 e. The Labute approximate surface area is 159 Å². The Morgan fingerprint density at radius 1 is 1.20 bits per heavy atom. The average Bonchev–Trinajstić information content (AvgIpc) is 2.58. The number of nitrogens with one attached hydrogen (secondary N) is 2. The first-order valence-electron chi connectivity index (χ1n) is 7.36. The van der Waals surface area contributed by atoms with Crippen LogP contribution in [0.2, 0.25) is 5.02 Å². The Kier molecular flexibility index (Phi) is 7.03. The second-order valence-corrected chi connectivity index (χ2v) is 6.41. The van der Waals surface area contributed by atoms with Crippen molar-refractivity contribution in [1.82, 2.24) is 10.9 Å². The van der Waals surface area contributed by atoms with Gasteiger partial charge in [0.05, 0.1) is 0 Å². The highest BCUT2D eigenvalue weighted by Gasteiger charge is 2.06. The Hall–Kier alpha value is -2.31. The quantitative estimate of drug-likeness (QED) is 0.570. The summed E-state index contributed by atoms with van der Waals surface area (Å²) in [6.45, 7) is 1.66. The first-order valence-corrected chi connectivity index (χ1v) is 8.53. The van der Waals surface area contributed by atoms with Crippen molar-refractivity contribution in [2.75, 3.05) is 6.61 Å². The number of benzene rings is 2. The molecule has 25 heavy (non-hydrogen) atoms. The largest absolute Gasteiger partial charge is 0.483 e. The van der Waals surface area contributed by atoms with Crippen molar-refractivity contribution in [3.05, 3.63) is 69.2 Å². The topological polar surface area (TPSA) is 67.4 Å². The van der Waals surface area contributed by atoms with Gasteiger partial charge < -0.3 is 4.74 Å². The van der Waals surface area contributed by atoms with Gasteiger partial charge in [0.15, 0.2) is 6.61 Å². The van der Waals surface area contributed by atoms with E-state index in [9.17, 15) is 9.59 Å². The number of amides is 2. The second-order valence-electron chi connectivity index (χ2n) is 5.09. The van der Waals surface area contributed by atoms with E-state index in [2.05, 4.69) is 26.8 Å². The monoisotopic (exact) mass is 422 g/mol. The van der Waals surface area contributed by atoms with Crippen LogP contribution in [0.1, 0.15) is 11.1 Å². The predicted molar refractivity (Wildman–Crippen MR) is 101 cm³/mol. The van der Waals surface area contributed by atoms with Crippen LogP contribution in [-0.4, -0.2) is 18.4 Å². The predicted octanol–water partition coefficient (Wildman–Crippen LogP) is 3.65. The van der Waals surface area contributed by atoms with E-state index in [1.54, 1.807) is 30.3 Å². The van der Waals surface area contributed by atoms with Gasteiger partial charge in [0.25, 0.3) is 11.8 Å². The Morgan fingerprint density at radius 3 is 2.68 bits per heavy atom. The Balaban J connectivity index is 1.77. The molecule has 2 amide bonds. The molecule has 0 saturated carbocycles. The maximum absolute atomic E-state index is 11.7. The number of hydrazine groups is 1. The third-order valence-corrected chi connectivity index (χ3v) is 3.98. The molecule has 0 aliphatic heterocycles. The molecule has 0 fully saturated rings. The van der Waals surface area contributed by atoms with Gasteiger partial charge >= 0.3 is 0 Å². The molecule has 0 bridgehead atoms. The van der Waals surface area contributed by atoms with Crippen molar-refractivity contribution in [3.63, 3.8) is 0 Å². The molecular weight excluding hydrogens is 408 g/mol. The molecule has 130 valence electrons. The molecule has 0 radical (unpaired) electrons. The highest BCUT2D eigenvalue weighted by molar-refractivity contribution is 9.10. The van der Waals surface area contributed by atoms with Gasteiger partial charge in [-0.1, -0.05) is 45.7 Å². The van der Waals surface area contributed by atoms with Gasteiger partial charge in [-0.3, -0.25) is 20.4 Å². The van der Waals surface area contributed by atoms with Crippen molar-refractivity contribution in [2.45, 2.75) is 6.92 Å². The Bertz CT molecular complexity index is 809. The van der Waals surface area contributed by atoms with Gasteiger partial charge in [-0.2, -0.15) is 0 Å². The van der Waals surface area contributed by atoms with Crippen LogP contribution in [0.3, 0.4) is 0 Å². The third kappa shape index (κ3) is 6.25. The molecule has 2 aromatic carbocycles. The van der Waals surface area contributed by atoms with E-state index in [0.717, 1.165) is 10.0 Å². The number of hydrogen-bond acceptors (Lipinski definition) is 3. The number of rotatable bonds is 5. The number of carbonyl (C=O) groups excluding carboxylic acids is 2. The van der Waals surface area contributed by atoms with Crippen LogP contribution < -0.4 is 15.6 Å². The van der Waals surface area contributed by atoms with Crippen LogP contribution in [0.25, 0.3) is 6.08 Å². The number of hydrogen-bond donors (Lipinski definition) is 2. The zero-order valence-electron chi connectivity index (χ0n) is 13.4. The molecule has 0 aromatic heterocycles. The highest BCUT2D eigenvalue weighted by atomic mass is 79.9. The van der Waals surface area contributed by atoms with Crippen molar-refractivity contribution < 1.29 is 14.3 Å². The molecule has 0 saturated heterocycles. The summed E-state index contributed by atoms with van der Waals surface area (Å²) >= 11 is 9.34. The normalized spacial score (nSPS) is 10.5. The van der Waals surface area contributed by atoms with Crippen LogP contribution in [0.5, 0.6) is 5.75 Å². The average molecular weight is 424 g/mol. The number of halogens is 2. The molecule has 0 aliphatic rings. The fourth-order valence-electron chi connectivity index (χ4n) is 1.90. The van der Waals surface area contributed by atoms with E-state index in [4.69, 9.17) is 16.3 Å². The van der Waals surface area contributed by atoms with Gasteiger partial charge in [-0.15, -0.1) is 0 Å². The summed E-state index contributed by atoms with van der Waals surface area (Å²) in [6, 6.07) is 12.6. The fraction of sp³-hybridized carbons (Fsp3) is 0.111. The lowest BCUT2D eigenvalue weighted by atomic mass is 10.2. The van der Waals surface area contributed by atoms with E-state index in [1.165, 1.54) is 6.08 Å². The molecule has 0 spiro atoms. The van der Waals surface area contributed by atoms with E-state index < -0.39 is 11.8 Å². The molecule has 0 unspecified atom stereocenters. The summed E-state index contributed by atoms with van der Waals surface area (Å²) in [6.07, 6.45) is 2.84. The maximum Gasteiger partial charge on any atom is 0.276 e. The third-order valence-electron chi connectivity index (χ3n) is 3.14. The zero-order chi connectivity index (χ0) is 18.2. The molecule has 0 atom stereocenters. The molecular formula is C18H16BrClN2O3. The zero-order valence-corrected chi connectivity index (χ0v) is 15.7. The van der Waals surface area contributed by atoms with Gasteiger partial charge in [-0.25, -0.2) is 0 Å². The minimum absolute atomic E-state index is 0.211. The summed E-state index contributed by atoms with van der Waals surface area (Å²) < 4.78 is 6.34. The SMILES string of the molecule is Cc1cc(Br)ccc1OCC(=O)NNC(=O)/C=C/c1ccccc1Cl. The second kappa shape index (κ2) is 9.25. The van der Waals surface area contributed by atoms with E-state index in [1.807, 2.05) is 25.1 Å². The van der Waals surface area contributed by atoms with Crippen LogP contribution in [0.15, 0.2) is 53.0 Å². The molecule has 2 N–H and O–H groups in total. The smallest absolute Gasteiger partial charge is 0.276 e. The summed E-state index contributed by atoms with van der Waals surface area (Å²) in [5.74, 6) is -0.349. The molecule has 2 rings (SSSR count). The van der Waals surface area contributed by atoms with E-state index in [0.29, 0.717) is 16.3 Å². The van der Waals surface area contributed by atoms with Gasteiger partial charge in [0.2, 0.25) is 0 Å². The number of ether oxygens (including phenoxy) is 1. The lowest BCUT2D eigenvalue weighted by Crippen LogP contribution is -2.43. The summed E-state index contributed by atoms with van der Waals surface area (Å²) in [5.41, 5.74) is 6.16. The van der Waals surface area contributed by atoms with Crippen molar-refractivity contribution in [3.8, 4) is 5.75 Å². The highest BCUT2D eigenvalue weighted by Crippen LogP contribution is 2.21. The molecule has 2 aromatic rings. The van der Waals surface area contributed by atoms with Crippen LogP contribution in [0.4, 0.5) is 0 Å². The fourth-order valence-corrected chi connectivity index (χ4v) is 2.58. The van der Waals surface area contributed by atoms with Crippen molar-refractivity contribution in [1.29, 1.82) is 0 Å². The van der Waals surface area contributed by atoms with Gasteiger partial charge in [0, 0.05) is 15.6 Å². The van der Waals surface area contributed by atoms with Crippen molar-refractivity contribution in [2.24, 2.45) is 0 Å². The first kappa shape index (κ1) is 19.0. The lowest BCUT2D eigenvalue weighted by Gasteiger charge is -2.10. The van der Waals surface area contributed by atoms with Gasteiger partial charge in [0.1, 0.15) is 5.75 Å². The van der Waals surface area contributed by atoms with Crippen LogP contribution in [0, 0.1) is 6.92 Å². The number of carbonyl (C=O) groups is 2. The minimum atomic E-state index is -0.479. The molecule has 0 heterocycles. The Morgan fingerprint density at radius 2 is 1.96 bits per heavy atom. The summed E-state index contributed by atoms with van der Waals surface area (Å²) in [5, 5.41) is 0.536. The standard InChI is InChI=1S/C18H16BrClN2O3/c1-12-10-14(19)7-8-16(12)25-11-18(24)22-21-17(23)9-6-13-4-2-3-5-15(13)20/h2-10H,11H2,1H3,(H,21,23)(H,22,24)/b9-6+. The van der Waals surface area contributed by atoms with Crippen molar-refractivity contribution >= 4 is 45.4 Å². The van der Waals surface area contributed by atoms with Gasteiger partial charge in [-0.05, 0) is 48.4 Å². The van der Waals surface area contributed by atoms with E-state index in [-0.39, 0.29) is 6.61 Å². The molecule has 5 nitrogen and oxygen atoms in total. The maximum atomic E-state index is 11.7. The molecule has 7 heteroatoms. The number of aryl methyl sites for hydroxylation is 1. The summed E-state index contributed by atoms with van der Waals surface area (Å²) in [7, 11) is 0. The first-order chi connectivity index (χ1) is 12.0. The van der Waals surface area contributed by atoms with Crippen LogP contribution >= 0.6 is 27.5 Å². The molecule has 0 aliphatic carbocycles. The lowest BCUT2D eigenvalue weighted by molar-refractivity contribution is -0.128. The van der Waals surface area contributed by atoms with Crippen LogP contribution in [-0.2, 0) is 9.59 Å².